The van der Waals surface area contributed by atoms with Gasteiger partial charge in [0.05, 0.1) is 11.2 Å². The fraction of sp³-hybridized carbons (Fsp3) is 0.167. The first-order chi connectivity index (χ1) is 12.0. The highest BCUT2D eigenvalue weighted by Crippen LogP contribution is 2.39. The number of aromatic nitrogens is 1. The van der Waals surface area contributed by atoms with Gasteiger partial charge >= 0.3 is 0 Å². The van der Waals surface area contributed by atoms with E-state index in [9.17, 15) is 18.0 Å². The lowest BCUT2D eigenvalue weighted by atomic mass is 10.1. The lowest BCUT2D eigenvalue weighted by Gasteiger charge is -2.05. The second-order valence-electron chi connectivity index (χ2n) is 5.56. The molecule has 0 aliphatic carbocycles. The summed E-state index contributed by atoms with van der Waals surface area (Å²) in [4.78, 5) is 14.5. The Bertz CT molecular complexity index is 922. The average Bonchev–Trinajstić information content (AvgIpc) is 2.91. The monoisotopic (exact) mass is 364 g/mol. The zero-order valence-electron chi connectivity index (χ0n) is 13.1. The van der Waals surface area contributed by atoms with Gasteiger partial charge in [0, 0.05) is 22.8 Å². The number of nitrogens with one attached hydrogen (secondary N) is 1. The zero-order valence-corrected chi connectivity index (χ0v) is 13.9. The van der Waals surface area contributed by atoms with E-state index in [0.29, 0.717) is 33.7 Å². The maximum Gasteiger partial charge on any atom is 0.217 e. The topological polar surface area (TPSA) is 58.9 Å². The van der Waals surface area contributed by atoms with Crippen LogP contribution in [0.25, 0.3) is 22.2 Å². The number of amides is 1. The quantitative estimate of drug-likeness (QED) is 0.496. The summed E-state index contributed by atoms with van der Waals surface area (Å²) in [6.45, 7) is 0. The lowest BCUT2D eigenvalue weighted by molar-refractivity contribution is -0.118. The molecule has 1 amide bonds. The van der Waals surface area contributed by atoms with Crippen molar-refractivity contribution in [3.8, 4) is 11.3 Å². The van der Waals surface area contributed by atoms with Gasteiger partial charge in [0.1, 0.15) is 17.5 Å². The molecule has 3 rings (SSSR count). The second-order valence-corrected chi connectivity index (χ2v) is 6.67. The molecule has 0 atom stereocenters. The highest BCUT2D eigenvalue weighted by molar-refractivity contribution is 7.99. The molecule has 0 saturated carbocycles. The minimum Gasteiger partial charge on any atom is -0.370 e. The van der Waals surface area contributed by atoms with Crippen molar-refractivity contribution in [3.05, 3.63) is 53.8 Å². The summed E-state index contributed by atoms with van der Waals surface area (Å²) < 4.78 is 41.0. The van der Waals surface area contributed by atoms with Crippen molar-refractivity contribution in [1.29, 1.82) is 0 Å². The Labute approximate surface area is 146 Å². The number of nitrogens with two attached hydrogens (primary N) is 1. The number of halogens is 3. The van der Waals surface area contributed by atoms with Crippen LogP contribution >= 0.6 is 11.8 Å². The van der Waals surface area contributed by atoms with Crippen molar-refractivity contribution in [2.45, 2.75) is 17.7 Å². The Morgan fingerprint density at radius 1 is 1.08 bits per heavy atom. The van der Waals surface area contributed by atoms with Crippen molar-refractivity contribution < 1.29 is 18.0 Å². The Kier molecular flexibility index (Phi) is 5.03. The van der Waals surface area contributed by atoms with Crippen LogP contribution < -0.4 is 5.73 Å². The Balaban J connectivity index is 2.04. The van der Waals surface area contributed by atoms with E-state index >= 15 is 0 Å². The largest absolute Gasteiger partial charge is 0.370 e. The minimum atomic E-state index is -0.692. The van der Waals surface area contributed by atoms with E-state index in [1.807, 2.05) is 0 Å². The van der Waals surface area contributed by atoms with Gasteiger partial charge in [0.25, 0.3) is 0 Å². The first-order valence-corrected chi connectivity index (χ1v) is 8.62. The number of rotatable bonds is 6. The summed E-state index contributed by atoms with van der Waals surface area (Å²) in [6, 6.07) is 7.83. The number of benzene rings is 2. The third-order valence-electron chi connectivity index (χ3n) is 3.72. The van der Waals surface area contributed by atoms with E-state index in [2.05, 4.69) is 4.98 Å². The molecular formula is C18H15F3N2OS. The van der Waals surface area contributed by atoms with Crippen LogP contribution in [0, 0.1) is 17.5 Å². The number of thioether (sulfide) groups is 1. The van der Waals surface area contributed by atoms with Crippen LogP contribution in [0.15, 0.2) is 41.3 Å². The molecule has 1 heterocycles. The number of carbonyl (C=O) groups excluding carboxylic acids is 1. The standard InChI is InChI=1S/C18H15F3N2OS/c19-11-5-3-10(4-6-11)16-18(25-7-1-2-15(22)24)13-8-12(20)9-14(21)17(13)23-16/h3-6,8-9,23H,1-2,7H2,(H2,22,24). The molecule has 0 bridgehead atoms. The van der Waals surface area contributed by atoms with Crippen molar-refractivity contribution in [2.75, 3.05) is 5.75 Å². The van der Waals surface area contributed by atoms with Gasteiger partial charge in [0.2, 0.25) is 5.91 Å². The maximum atomic E-state index is 14.1. The third kappa shape index (κ3) is 3.82. The molecule has 7 heteroatoms. The van der Waals surface area contributed by atoms with Crippen LogP contribution in [-0.4, -0.2) is 16.6 Å². The second kappa shape index (κ2) is 7.23. The average molecular weight is 364 g/mol. The molecule has 3 aromatic rings. The van der Waals surface area contributed by atoms with E-state index in [0.717, 1.165) is 6.07 Å². The highest BCUT2D eigenvalue weighted by Gasteiger charge is 2.17. The summed E-state index contributed by atoms with van der Waals surface area (Å²) in [5.41, 5.74) is 6.57. The van der Waals surface area contributed by atoms with Crippen LogP contribution in [0.3, 0.4) is 0 Å². The Morgan fingerprint density at radius 3 is 2.48 bits per heavy atom. The molecule has 0 saturated heterocycles. The number of carbonyl (C=O) groups is 1. The van der Waals surface area contributed by atoms with Crippen molar-refractivity contribution in [1.82, 2.24) is 4.98 Å². The number of aromatic amines is 1. The molecule has 2 aromatic carbocycles. The zero-order chi connectivity index (χ0) is 18.0. The first-order valence-electron chi connectivity index (χ1n) is 7.63. The van der Waals surface area contributed by atoms with Crippen LogP contribution in [0.4, 0.5) is 13.2 Å². The van der Waals surface area contributed by atoms with Gasteiger partial charge in [-0.3, -0.25) is 4.79 Å². The van der Waals surface area contributed by atoms with E-state index in [-0.39, 0.29) is 17.8 Å². The number of hydrogen-bond donors (Lipinski definition) is 2. The van der Waals surface area contributed by atoms with Crippen molar-refractivity contribution >= 4 is 28.6 Å². The predicted molar refractivity (Wildman–Crippen MR) is 92.8 cm³/mol. The normalized spacial score (nSPS) is 11.2. The predicted octanol–water partition coefficient (Wildman–Crippen LogP) is 4.61. The Morgan fingerprint density at radius 2 is 1.80 bits per heavy atom. The summed E-state index contributed by atoms with van der Waals surface area (Å²) in [7, 11) is 0. The smallest absolute Gasteiger partial charge is 0.217 e. The van der Waals surface area contributed by atoms with E-state index < -0.39 is 17.5 Å². The van der Waals surface area contributed by atoms with Crippen LogP contribution in [0.5, 0.6) is 0 Å². The summed E-state index contributed by atoms with van der Waals surface area (Å²) in [5, 5.41) is 0.418. The van der Waals surface area contributed by atoms with Gasteiger partial charge in [-0.15, -0.1) is 11.8 Å². The SMILES string of the molecule is NC(=O)CCCSc1c(-c2ccc(F)cc2)[nH]c2c(F)cc(F)cc12. The number of fused-ring (bicyclic) bond motifs is 1. The van der Waals surface area contributed by atoms with E-state index in [1.165, 1.54) is 30.0 Å². The summed E-state index contributed by atoms with van der Waals surface area (Å²) in [6.07, 6.45) is 0.789. The maximum absolute atomic E-state index is 14.1. The first kappa shape index (κ1) is 17.4. The molecule has 0 unspecified atom stereocenters. The third-order valence-corrected chi connectivity index (χ3v) is 4.93. The van der Waals surface area contributed by atoms with Crippen LogP contribution in [-0.2, 0) is 4.79 Å². The molecule has 3 N–H and O–H groups in total. The molecule has 0 spiro atoms. The highest BCUT2D eigenvalue weighted by atomic mass is 32.2. The van der Waals surface area contributed by atoms with Gasteiger partial charge in [-0.05, 0) is 48.1 Å². The van der Waals surface area contributed by atoms with E-state index in [4.69, 9.17) is 5.73 Å². The van der Waals surface area contributed by atoms with Crippen LogP contribution in [0.2, 0.25) is 0 Å². The molecule has 0 aliphatic heterocycles. The molecule has 1 aromatic heterocycles. The van der Waals surface area contributed by atoms with Crippen LogP contribution in [0.1, 0.15) is 12.8 Å². The molecule has 130 valence electrons. The van der Waals surface area contributed by atoms with Crippen molar-refractivity contribution in [2.24, 2.45) is 5.73 Å². The number of hydrogen-bond acceptors (Lipinski definition) is 2. The van der Waals surface area contributed by atoms with Gasteiger partial charge in [-0.1, -0.05) is 0 Å². The molecule has 0 radical (unpaired) electrons. The fourth-order valence-corrected chi connectivity index (χ4v) is 3.71. The van der Waals surface area contributed by atoms with Gasteiger partial charge in [-0.2, -0.15) is 0 Å². The molecule has 0 aliphatic rings. The Hall–Kier alpha value is -2.41. The van der Waals surface area contributed by atoms with Crippen molar-refractivity contribution in [3.63, 3.8) is 0 Å². The number of primary amides is 1. The van der Waals surface area contributed by atoms with Gasteiger partial charge in [0.15, 0.2) is 0 Å². The molecule has 0 fully saturated rings. The summed E-state index contributed by atoms with van der Waals surface area (Å²) >= 11 is 1.38. The molecule has 25 heavy (non-hydrogen) atoms. The van der Waals surface area contributed by atoms with Gasteiger partial charge in [-0.25, -0.2) is 13.2 Å². The fourth-order valence-electron chi connectivity index (χ4n) is 2.59. The summed E-state index contributed by atoms with van der Waals surface area (Å²) in [5.74, 6) is -1.58. The lowest BCUT2D eigenvalue weighted by Crippen LogP contribution is -2.09. The minimum absolute atomic E-state index is 0.193. The molecule has 3 nitrogen and oxygen atoms in total. The van der Waals surface area contributed by atoms with E-state index in [1.54, 1.807) is 12.1 Å². The van der Waals surface area contributed by atoms with Gasteiger partial charge < -0.3 is 10.7 Å². The number of H-pyrrole nitrogens is 1. The molecular weight excluding hydrogens is 349 g/mol.